The largest absolute Gasteiger partial charge is 0.573 e. The second-order valence-corrected chi connectivity index (χ2v) is 7.51. The van der Waals surface area contributed by atoms with Crippen molar-refractivity contribution in [2.24, 2.45) is 0 Å². The van der Waals surface area contributed by atoms with Gasteiger partial charge in [0.1, 0.15) is 28.7 Å². The Bertz CT molecular complexity index is 1370. The Hall–Kier alpha value is -4.24. The third-order valence-electron chi connectivity index (χ3n) is 4.35. The molecule has 0 aliphatic rings. The fourth-order valence-corrected chi connectivity index (χ4v) is 3.53. The molecule has 0 amide bonds. The van der Waals surface area contributed by atoms with Crippen LogP contribution in [-0.2, 0) is 15.6 Å². The topological polar surface area (TPSA) is 95.0 Å². The number of pyridine rings is 1. The first-order valence-electron chi connectivity index (χ1n) is 9.67. The van der Waals surface area contributed by atoms with Gasteiger partial charge in [-0.25, -0.2) is 22.5 Å². The van der Waals surface area contributed by atoms with E-state index < -0.39 is 29.0 Å². The average molecular weight is 506 g/mol. The van der Waals surface area contributed by atoms with Gasteiger partial charge in [-0.1, -0.05) is 18.1 Å². The third-order valence-corrected chi connectivity index (χ3v) is 5.09. The molecule has 0 atom stereocenters. The van der Waals surface area contributed by atoms with Crippen molar-refractivity contribution in [1.29, 1.82) is 0 Å². The molecular formula is C23H17F3N2O6S. The molecule has 0 bridgehead atoms. The number of thiol groups is 1. The number of rotatable bonds is 6. The monoisotopic (exact) mass is 506 g/mol. The normalized spacial score (nSPS) is 10.8. The first-order chi connectivity index (χ1) is 16.6. The number of esters is 1. The summed E-state index contributed by atoms with van der Waals surface area (Å²) in [6.45, 7) is 0. The van der Waals surface area contributed by atoms with E-state index in [1.165, 1.54) is 62.8 Å². The fraction of sp³-hybridized carbons (Fsp3) is 0.130. The molecule has 0 aliphatic heterocycles. The van der Waals surface area contributed by atoms with Crippen LogP contribution in [0.15, 0.2) is 60.7 Å². The van der Waals surface area contributed by atoms with Crippen molar-refractivity contribution < 1.29 is 40.6 Å². The molecular weight excluding hydrogens is 489 g/mol. The summed E-state index contributed by atoms with van der Waals surface area (Å²) in [6, 6.07) is 13.6. The first kappa shape index (κ1) is 25.4. The Morgan fingerprint density at radius 3 is 2.40 bits per heavy atom. The molecule has 35 heavy (non-hydrogen) atoms. The van der Waals surface area contributed by atoms with Crippen molar-refractivity contribution >= 4 is 28.4 Å². The number of carbonyl (C=O) groups is 1. The van der Waals surface area contributed by atoms with Crippen LogP contribution >= 0.6 is 0 Å². The zero-order valence-corrected chi connectivity index (χ0v) is 19.1. The number of aromatic nitrogens is 1. The summed E-state index contributed by atoms with van der Waals surface area (Å²) in [5.74, 6) is 4.34. The molecule has 12 heteroatoms. The number of methoxy groups -OCH3 is 2. The summed E-state index contributed by atoms with van der Waals surface area (Å²) >= 11 is 0. The van der Waals surface area contributed by atoms with Crippen molar-refractivity contribution in [2.45, 2.75) is 6.36 Å². The van der Waals surface area contributed by atoms with Crippen LogP contribution in [0.25, 0.3) is 0 Å². The summed E-state index contributed by atoms with van der Waals surface area (Å²) < 4.78 is 76.2. The van der Waals surface area contributed by atoms with E-state index in [1.807, 2.05) is 0 Å². The van der Waals surface area contributed by atoms with E-state index in [0.717, 1.165) is 16.4 Å². The molecule has 0 spiro atoms. The molecule has 0 saturated carbocycles. The fourth-order valence-electron chi connectivity index (χ4n) is 2.91. The number of hydrogen-bond acceptors (Lipinski definition) is 7. The Morgan fingerprint density at radius 2 is 1.74 bits per heavy atom. The van der Waals surface area contributed by atoms with E-state index in [0.29, 0.717) is 0 Å². The quantitative estimate of drug-likeness (QED) is 0.308. The summed E-state index contributed by atoms with van der Waals surface area (Å²) in [5.41, 5.74) is 0.617. The highest BCUT2D eigenvalue weighted by Gasteiger charge is 2.31. The second kappa shape index (κ2) is 10.8. The van der Waals surface area contributed by atoms with Crippen LogP contribution in [0.4, 0.5) is 24.7 Å². The number of anilines is 2. The molecule has 3 aromatic rings. The minimum atomic E-state index is -4.84. The number of ether oxygens (including phenoxy) is 3. The van der Waals surface area contributed by atoms with Crippen molar-refractivity contribution in [3.05, 3.63) is 77.5 Å². The van der Waals surface area contributed by atoms with Gasteiger partial charge in [0.2, 0.25) is 10.9 Å². The zero-order valence-electron chi connectivity index (χ0n) is 18.2. The van der Waals surface area contributed by atoms with E-state index in [2.05, 4.69) is 26.3 Å². The standard InChI is InChI=1S/C23H17F3N2O6S/c1-32-20-14-16(22(29)33-2)10-12-19(20)28(35(30)31)21-8-4-6-17(27-21)11-9-15-5-3-7-18(13-15)34-23(24,25)26/h3-8,10,12-14,35H,1-2H3. The number of carbonyl (C=O) groups excluding carboxylic acids is 1. The summed E-state index contributed by atoms with van der Waals surface area (Å²) in [4.78, 5) is 16.0. The van der Waals surface area contributed by atoms with Crippen LogP contribution in [0.1, 0.15) is 21.6 Å². The summed E-state index contributed by atoms with van der Waals surface area (Å²) in [7, 11) is -0.731. The molecule has 8 nitrogen and oxygen atoms in total. The predicted molar refractivity (Wildman–Crippen MR) is 120 cm³/mol. The van der Waals surface area contributed by atoms with Gasteiger partial charge < -0.3 is 14.2 Å². The molecule has 0 radical (unpaired) electrons. The number of halogens is 3. The zero-order chi connectivity index (χ0) is 25.6. The minimum Gasteiger partial charge on any atom is -0.495 e. The molecule has 1 aromatic heterocycles. The van der Waals surface area contributed by atoms with Crippen LogP contribution in [-0.4, -0.2) is 40.0 Å². The van der Waals surface area contributed by atoms with Gasteiger partial charge in [0, 0.05) is 5.56 Å². The highest BCUT2D eigenvalue weighted by atomic mass is 32.2. The lowest BCUT2D eigenvalue weighted by Gasteiger charge is -2.20. The van der Waals surface area contributed by atoms with Gasteiger partial charge in [0.25, 0.3) is 0 Å². The molecule has 0 N–H and O–H groups in total. The van der Waals surface area contributed by atoms with Gasteiger partial charge in [-0.05, 0) is 54.5 Å². The van der Waals surface area contributed by atoms with Gasteiger partial charge in [0.05, 0.1) is 19.8 Å². The van der Waals surface area contributed by atoms with Gasteiger partial charge >= 0.3 is 12.3 Å². The van der Waals surface area contributed by atoms with Crippen LogP contribution in [0.3, 0.4) is 0 Å². The Morgan fingerprint density at radius 1 is 1.00 bits per heavy atom. The maximum absolute atomic E-state index is 12.4. The van der Waals surface area contributed by atoms with Gasteiger partial charge in [-0.15, -0.1) is 13.2 Å². The molecule has 3 rings (SSSR count). The predicted octanol–water partition coefficient (Wildman–Crippen LogP) is 3.84. The molecule has 182 valence electrons. The minimum absolute atomic E-state index is 0.0221. The van der Waals surface area contributed by atoms with Gasteiger partial charge in [0.15, 0.2) is 0 Å². The average Bonchev–Trinajstić information content (AvgIpc) is 2.82. The molecule has 0 aliphatic carbocycles. The van der Waals surface area contributed by atoms with E-state index in [4.69, 9.17) is 4.74 Å². The number of benzene rings is 2. The Balaban J connectivity index is 1.96. The Kier molecular flexibility index (Phi) is 7.83. The number of hydrogen-bond donors (Lipinski definition) is 1. The lowest BCUT2D eigenvalue weighted by molar-refractivity contribution is -0.274. The first-order valence-corrected chi connectivity index (χ1v) is 10.8. The second-order valence-electron chi connectivity index (χ2n) is 6.63. The summed E-state index contributed by atoms with van der Waals surface area (Å²) in [5, 5.41) is 0. The highest BCUT2D eigenvalue weighted by molar-refractivity contribution is 7.74. The molecule has 2 aromatic carbocycles. The lowest BCUT2D eigenvalue weighted by Crippen LogP contribution is -2.17. The molecule has 0 unspecified atom stereocenters. The van der Waals surface area contributed by atoms with Gasteiger partial charge in [-0.2, -0.15) is 0 Å². The SMILES string of the molecule is COC(=O)c1ccc(N(c2cccc(C#Cc3cccc(OC(F)(F)F)c3)n2)[SH](=O)=O)c(OC)c1. The highest BCUT2D eigenvalue weighted by Crippen LogP contribution is 2.34. The van der Waals surface area contributed by atoms with E-state index in [-0.39, 0.29) is 34.1 Å². The maximum Gasteiger partial charge on any atom is 0.573 e. The van der Waals surface area contributed by atoms with Crippen LogP contribution in [0.5, 0.6) is 11.5 Å². The molecule has 0 fully saturated rings. The number of alkyl halides is 3. The van der Waals surface area contributed by atoms with Crippen LogP contribution < -0.4 is 13.8 Å². The van der Waals surface area contributed by atoms with Crippen molar-refractivity contribution in [1.82, 2.24) is 4.98 Å². The maximum atomic E-state index is 12.4. The van der Waals surface area contributed by atoms with Crippen LogP contribution in [0, 0.1) is 11.8 Å². The van der Waals surface area contributed by atoms with E-state index in [1.54, 1.807) is 0 Å². The molecule has 1 heterocycles. The van der Waals surface area contributed by atoms with Crippen molar-refractivity contribution in [2.75, 3.05) is 18.5 Å². The summed E-state index contributed by atoms with van der Waals surface area (Å²) in [6.07, 6.45) is -4.84. The third kappa shape index (κ3) is 6.64. The Labute approximate surface area is 200 Å². The molecule has 0 saturated heterocycles. The smallest absolute Gasteiger partial charge is 0.495 e. The van der Waals surface area contributed by atoms with Crippen molar-refractivity contribution in [3.63, 3.8) is 0 Å². The lowest BCUT2D eigenvalue weighted by atomic mass is 10.2. The van der Waals surface area contributed by atoms with E-state index >= 15 is 0 Å². The van der Waals surface area contributed by atoms with Crippen LogP contribution in [0.2, 0.25) is 0 Å². The van der Waals surface area contributed by atoms with Gasteiger partial charge in [-0.3, -0.25) is 0 Å². The van der Waals surface area contributed by atoms with Crippen molar-refractivity contribution in [3.8, 4) is 23.3 Å². The number of nitrogens with zero attached hydrogens (tertiary/aromatic N) is 2. The van der Waals surface area contributed by atoms with E-state index in [9.17, 15) is 26.4 Å².